The van der Waals surface area contributed by atoms with Crippen molar-refractivity contribution in [3.05, 3.63) is 96.3 Å². The number of nitrogens with zero attached hydrogens (tertiary/aromatic N) is 3. The molecule has 218 valence electrons. The maximum absolute atomic E-state index is 14.4. The summed E-state index contributed by atoms with van der Waals surface area (Å²) in [5.41, 5.74) is 9.36. The Morgan fingerprint density at radius 1 is 0.930 bits per heavy atom. The van der Waals surface area contributed by atoms with Gasteiger partial charge < -0.3 is 20.5 Å². The molecule has 2 atom stereocenters. The highest BCUT2D eigenvalue weighted by atomic mass is 19.1. The van der Waals surface area contributed by atoms with E-state index in [-0.39, 0.29) is 38.3 Å². The van der Waals surface area contributed by atoms with E-state index in [0.29, 0.717) is 22.3 Å². The van der Waals surface area contributed by atoms with E-state index in [4.69, 9.17) is 5.73 Å². The van der Waals surface area contributed by atoms with Crippen LogP contribution in [0.2, 0.25) is 0 Å². The van der Waals surface area contributed by atoms with Gasteiger partial charge in [0.25, 0.3) is 5.91 Å². The first-order valence-electron chi connectivity index (χ1n) is 14.4. The monoisotopic (exact) mass is 577 g/mol. The second-order valence-electron chi connectivity index (χ2n) is 11.0. The lowest BCUT2D eigenvalue weighted by Crippen LogP contribution is -2.48. The number of likely N-dealkylation sites (tertiary alicyclic amines) is 1. The summed E-state index contributed by atoms with van der Waals surface area (Å²) in [4.78, 5) is 45.3. The van der Waals surface area contributed by atoms with Gasteiger partial charge in [-0.15, -0.1) is 0 Å². The Kier molecular flexibility index (Phi) is 7.63. The Hall–Kier alpha value is -5.05. The summed E-state index contributed by atoms with van der Waals surface area (Å²) in [6.45, 7) is 1.78. The van der Waals surface area contributed by atoms with Crippen LogP contribution in [0.15, 0.2) is 85.1 Å². The topological polar surface area (TPSA) is 110 Å². The van der Waals surface area contributed by atoms with Gasteiger partial charge in [-0.25, -0.2) is 9.37 Å². The highest BCUT2D eigenvalue weighted by Gasteiger charge is 2.34. The number of aryl methyl sites for hydroxylation is 1. The van der Waals surface area contributed by atoms with Crippen LogP contribution in [-0.4, -0.2) is 50.9 Å². The molecule has 1 aliphatic heterocycles. The largest absolute Gasteiger partial charge is 0.366 e. The van der Waals surface area contributed by atoms with Crippen molar-refractivity contribution in [1.29, 1.82) is 0 Å². The molecule has 0 saturated carbocycles. The third-order valence-corrected chi connectivity index (χ3v) is 8.11. The van der Waals surface area contributed by atoms with Crippen molar-refractivity contribution < 1.29 is 18.8 Å². The van der Waals surface area contributed by atoms with Crippen molar-refractivity contribution in [3.8, 4) is 11.1 Å². The zero-order valence-electron chi connectivity index (χ0n) is 23.8. The first-order chi connectivity index (χ1) is 20.8. The number of nitrogens with two attached hydrogens (primary N) is 1. The van der Waals surface area contributed by atoms with Crippen LogP contribution in [-0.2, 0) is 16.1 Å². The number of aromatic nitrogens is 2. The molecule has 1 unspecified atom stereocenters. The number of alkyl halides is 1. The molecular weight excluding hydrogens is 545 g/mol. The van der Waals surface area contributed by atoms with Gasteiger partial charge in [0, 0.05) is 29.3 Å². The van der Waals surface area contributed by atoms with Crippen molar-refractivity contribution in [1.82, 2.24) is 14.5 Å². The molecule has 0 bridgehead atoms. The Morgan fingerprint density at radius 3 is 2.49 bits per heavy atom. The molecule has 1 saturated heterocycles. The highest BCUT2D eigenvalue weighted by molar-refractivity contribution is 6.07. The first-order valence-corrected chi connectivity index (χ1v) is 14.4. The van der Waals surface area contributed by atoms with E-state index >= 15 is 0 Å². The SMILES string of the molecule is Cc1cccc(NC(=O)[C@@H]2CCC(F)CCN2C(=O)Cn2cc(C(N)=O)c3cc(-c4ccc5ccccc5c4)ccc32)n1. The summed E-state index contributed by atoms with van der Waals surface area (Å²) < 4.78 is 16.1. The number of halogens is 1. The lowest BCUT2D eigenvalue weighted by atomic mass is 9.99. The fraction of sp³-hybridized carbons (Fsp3) is 0.235. The molecule has 2 aromatic heterocycles. The minimum atomic E-state index is -1.10. The number of nitrogens with one attached hydrogen (secondary N) is 1. The molecule has 43 heavy (non-hydrogen) atoms. The van der Waals surface area contributed by atoms with Gasteiger partial charge >= 0.3 is 0 Å². The predicted octanol–water partition coefficient (Wildman–Crippen LogP) is 5.62. The molecule has 6 rings (SSSR count). The summed E-state index contributed by atoms with van der Waals surface area (Å²) >= 11 is 0. The highest BCUT2D eigenvalue weighted by Crippen LogP contribution is 2.30. The molecule has 8 nitrogen and oxygen atoms in total. The van der Waals surface area contributed by atoms with Gasteiger partial charge in [0.15, 0.2) is 0 Å². The zero-order chi connectivity index (χ0) is 30.1. The number of benzene rings is 3. The molecule has 0 spiro atoms. The van der Waals surface area contributed by atoms with Gasteiger partial charge in [-0.3, -0.25) is 14.4 Å². The molecule has 1 aliphatic rings. The number of hydrogen-bond donors (Lipinski definition) is 2. The summed E-state index contributed by atoms with van der Waals surface area (Å²) in [6, 6.07) is 24.4. The van der Waals surface area contributed by atoms with Crippen LogP contribution in [0.25, 0.3) is 32.8 Å². The minimum absolute atomic E-state index is 0.104. The number of anilines is 1. The van der Waals surface area contributed by atoms with Crippen molar-refractivity contribution in [3.63, 3.8) is 0 Å². The van der Waals surface area contributed by atoms with Gasteiger partial charge in [-0.2, -0.15) is 0 Å². The number of carbonyl (C=O) groups is 3. The summed E-state index contributed by atoms with van der Waals surface area (Å²) in [5, 5.41) is 5.65. The second kappa shape index (κ2) is 11.7. The third kappa shape index (κ3) is 5.83. The quantitative estimate of drug-likeness (QED) is 0.273. The van der Waals surface area contributed by atoms with Gasteiger partial charge in [0.2, 0.25) is 11.8 Å². The van der Waals surface area contributed by atoms with E-state index in [9.17, 15) is 18.8 Å². The van der Waals surface area contributed by atoms with Gasteiger partial charge in [0.05, 0.1) is 5.56 Å². The van der Waals surface area contributed by atoms with Crippen LogP contribution < -0.4 is 11.1 Å². The van der Waals surface area contributed by atoms with Crippen LogP contribution in [0.4, 0.5) is 10.2 Å². The lowest BCUT2D eigenvalue weighted by Gasteiger charge is -2.29. The number of rotatable bonds is 6. The summed E-state index contributed by atoms with van der Waals surface area (Å²) in [5.74, 6) is -0.985. The Bertz CT molecular complexity index is 1870. The van der Waals surface area contributed by atoms with E-state index in [0.717, 1.165) is 27.6 Å². The van der Waals surface area contributed by atoms with Crippen molar-refractivity contribution in [2.45, 2.75) is 44.9 Å². The number of hydrogen-bond acceptors (Lipinski definition) is 4. The molecule has 0 aliphatic carbocycles. The van der Waals surface area contributed by atoms with Gasteiger partial charge in [-0.05, 0) is 78.4 Å². The van der Waals surface area contributed by atoms with Crippen molar-refractivity contribution in [2.24, 2.45) is 5.73 Å². The lowest BCUT2D eigenvalue weighted by molar-refractivity contribution is -0.139. The molecular formula is C34H32FN5O3. The van der Waals surface area contributed by atoms with E-state index in [2.05, 4.69) is 28.5 Å². The minimum Gasteiger partial charge on any atom is -0.366 e. The van der Waals surface area contributed by atoms with Crippen molar-refractivity contribution in [2.75, 3.05) is 11.9 Å². The second-order valence-corrected chi connectivity index (χ2v) is 11.0. The molecule has 3 amide bonds. The van der Waals surface area contributed by atoms with Crippen LogP contribution in [0.5, 0.6) is 0 Å². The zero-order valence-corrected chi connectivity index (χ0v) is 23.8. The van der Waals surface area contributed by atoms with E-state index in [1.807, 2.05) is 55.5 Å². The van der Waals surface area contributed by atoms with E-state index < -0.39 is 24.0 Å². The summed E-state index contributed by atoms with van der Waals surface area (Å²) in [7, 11) is 0. The van der Waals surface area contributed by atoms with Crippen LogP contribution in [0, 0.1) is 6.92 Å². The number of primary amides is 1. The molecule has 5 aromatic rings. The first kappa shape index (κ1) is 28.1. The maximum Gasteiger partial charge on any atom is 0.250 e. The van der Waals surface area contributed by atoms with E-state index in [1.54, 1.807) is 22.9 Å². The molecule has 1 fully saturated rings. The molecule has 0 radical (unpaired) electrons. The van der Waals surface area contributed by atoms with Crippen LogP contribution in [0.3, 0.4) is 0 Å². The Balaban J connectivity index is 1.30. The van der Waals surface area contributed by atoms with Crippen LogP contribution in [0.1, 0.15) is 35.3 Å². The van der Waals surface area contributed by atoms with Crippen molar-refractivity contribution >= 4 is 45.2 Å². The fourth-order valence-corrected chi connectivity index (χ4v) is 5.88. The van der Waals surface area contributed by atoms with E-state index in [1.165, 1.54) is 4.90 Å². The van der Waals surface area contributed by atoms with Gasteiger partial charge in [0.1, 0.15) is 24.6 Å². The average molecular weight is 578 g/mol. The number of carbonyl (C=O) groups excluding carboxylic acids is 3. The Labute approximate surface area is 248 Å². The Morgan fingerprint density at radius 2 is 1.70 bits per heavy atom. The predicted molar refractivity (Wildman–Crippen MR) is 165 cm³/mol. The molecule has 3 N–H and O–H groups in total. The average Bonchev–Trinajstić information content (AvgIpc) is 3.23. The maximum atomic E-state index is 14.4. The fourth-order valence-electron chi connectivity index (χ4n) is 5.88. The number of pyridine rings is 1. The molecule has 9 heteroatoms. The smallest absolute Gasteiger partial charge is 0.250 e. The standard InChI is InChI=1S/C34H32FN5O3/c1-21-5-4-8-31(37-21)38-34(43)30-14-12-26(35)15-16-40(30)32(41)20-39-19-28(33(36)42)27-18-25(11-13-29(27)39)24-10-9-22-6-2-3-7-23(22)17-24/h2-11,13,17-19,26,30H,12,14-16,20H2,1H3,(H2,36,42)(H,37,38,43)/t26?,30-/m0/s1. The normalized spacial score (nSPS) is 17.1. The summed E-state index contributed by atoms with van der Waals surface area (Å²) in [6.07, 6.45) is 0.994. The molecule has 3 heterocycles. The molecule has 3 aromatic carbocycles. The van der Waals surface area contributed by atoms with Gasteiger partial charge in [-0.1, -0.05) is 48.5 Å². The number of fused-ring (bicyclic) bond motifs is 2. The third-order valence-electron chi connectivity index (χ3n) is 8.11. The van der Waals surface area contributed by atoms with Crippen LogP contribution >= 0.6 is 0 Å². The number of amides is 3.